The third kappa shape index (κ3) is 2.45. The summed E-state index contributed by atoms with van der Waals surface area (Å²) >= 11 is 0. The van der Waals surface area contributed by atoms with Crippen LogP contribution in [0.2, 0.25) is 0 Å². The summed E-state index contributed by atoms with van der Waals surface area (Å²) in [6.07, 6.45) is 1.12. The lowest BCUT2D eigenvalue weighted by Gasteiger charge is -2.07. The van der Waals surface area contributed by atoms with Gasteiger partial charge >= 0.3 is 0 Å². The molecule has 0 radical (unpaired) electrons. The topological polar surface area (TPSA) is 0 Å². The van der Waals surface area contributed by atoms with Gasteiger partial charge in [-0.15, -0.1) is 0 Å². The summed E-state index contributed by atoms with van der Waals surface area (Å²) in [7, 11) is 0. The average molecular weight is 174 g/mol. The third-order valence-corrected chi connectivity index (χ3v) is 2.36. The van der Waals surface area contributed by atoms with Crippen molar-refractivity contribution in [1.82, 2.24) is 0 Å². The fourth-order valence-electron chi connectivity index (χ4n) is 1.60. The van der Waals surface area contributed by atoms with Gasteiger partial charge in [-0.05, 0) is 38.3 Å². The Hall–Kier alpha value is -1.04. The zero-order chi connectivity index (χ0) is 9.84. The Bertz CT molecular complexity index is 297. The van der Waals surface area contributed by atoms with Crippen LogP contribution in [-0.4, -0.2) is 0 Å². The molecule has 0 aliphatic heterocycles. The molecule has 0 atom stereocenters. The number of rotatable bonds is 2. The van der Waals surface area contributed by atoms with Gasteiger partial charge in [-0.3, -0.25) is 0 Å². The maximum Gasteiger partial charge on any atom is -0.0225 e. The first kappa shape index (κ1) is 10.0. The summed E-state index contributed by atoms with van der Waals surface area (Å²) in [4.78, 5) is 0. The van der Waals surface area contributed by atoms with Gasteiger partial charge in [-0.2, -0.15) is 0 Å². The van der Waals surface area contributed by atoms with Crippen molar-refractivity contribution in [1.29, 1.82) is 0 Å². The van der Waals surface area contributed by atoms with Crippen molar-refractivity contribution in [2.24, 2.45) is 0 Å². The first-order valence-corrected chi connectivity index (χ1v) is 4.88. The Morgan fingerprint density at radius 1 is 1.08 bits per heavy atom. The van der Waals surface area contributed by atoms with E-state index >= 15 is 0 Å². The standard InChI is InChI=1S/C13H18/c1-5-13(10(2)3)12-8-6-11(4)7-9-12/h6-9H,5H2,1-4H3. The molecule has 0 unspecified atom stereocenters. The zero-order valence-electron chi connectivity index (χ0n) is 9.02. The van der Waals surface area contributed by atoms with Crippen molar-refractivity contribution in [2.75, 3.05) is 0 Å². The van der Waals surface area contributed by atoms with E-state index in [0.717, 1.165) is 6.42 Å². The lowest BCUT2D eigenvalue weighted by molar-refractivity contribution is 1.19. The molecule has 0 N–H and O–H groups in total. The van der Waals surface area contributed by atoms with Gasteiger partial charge in [-0.1, -0.05) is 42.3 Å². The number of aryl methyl sites for hydroxylation is 1. The monoisotopic (exact) mass is 174 g/mol. The van der Waals surface area contributed by atoms with Crippen LogP contribution in [0.1, 0.15) is 38.3 Å². The van der Waals surface area contributed by atoms with E-state index in [1.54, 1.807) is 0 Å². The van der Waals surface area contributed by atoms with Crippen LogP contribution in [0.3, 0.4) is 0 Å². The van der Waals surface area contributed by atoms with Gasteiger partial charge in [0.2, 0.25) is 0 Å². The van der Waals surface area contributed by atoms with Crippen LogP contribution in [0.5, 0.6) is 0 Å². The van der Waals surface area contributed by atoms with Gasteiger partial charge in [0.05, 0.1) is 0 Å². The molecule has 13 heavy (non-hydrogen) atoms. The van der Waals surface area contributed by atoms with E-state index in [4.69, 9.17) is 0 Å². The predicted octanol–water partition coefficient (Wildman–Crippen LogP) is 4.20. The van der Waals surface area contributed by atoms with Crippen molar-refractivity contribution in [2.45, 2.75) is 34.1 Å². The van der Waals surface area contributed by atoms with E-state index in [1.807, 2.05) is 0 Å². The molecule has 0 heteroatoms. The van der Waals surface area contributed by atoms with Crippen molar-refractivity contribution in [3.63, 3.8) is 0 Å². The Kier molecular flexibility index (Phi) is 3.30. The van der Waals surface area contributed by atoms with Gasteiger partial charge < -0.3 is 0 Å². The molecule has 0 heterocycles. The first-order chi connectivity index (χ1) is 6.15. The summed E-state index contributed by atoms with van der Waals surface area (Å²) in [5, 5.41) is 0. The second-order valence-corrected chi connectivity index (χ2v) is 3.70. The van der Waals surface area contributed by atoms with E-state index in [0.29, 0.717) is 0 Å². The van der Waals surface area contributed by atoms with Gasteiger partial charge in [0.25, 0.3) is 0 Å². The van der Waals surface area contributed by atoms with Crippen LogP contribution in [0.4, 0.5) is 0 Å². The van der Waals surface area contributed by atoms with Crippen molar-refractivity contribution >= 4 is 5.57 Å². The molecule has 0 nitrogen and oxygen atoms in total. The highest BCUT2D eigenvalue weighted by Gasteiger charge is 1.99. The summed E-state index contributed by atoms with van der Waals surface area (Å²) < 4.78 is 0. The number of benzene rings is 1. The lowest BCUT2D eigenvalue weighted by atomic mass is 9.98. The number of hydrogen-bond donors (Lipinski definition) is 0. The maximum atomic E-state index is 2.21. The molecule has 70 valence electrons. The van der Waals surface area contributed by atoms with Crippen LogP contribution < -0.4 is 0 Å². The van der Waals surface area contributed by atoms with Crippen LogP contribution in [0.15, 0.2) is 29.8 Å². The van der Waals surface area contributed by atoms with E-state index in [1.165, 1.54) is 22.3 Å². The highest BCUT2D eigenvalue weighted by atomic mass is 14.0. The molecule has 0 aromatic heterocycles. The Balaban J connectivity index is 3.07. The molecule has 0 fully saturated rings. The fraction of sp³-hybridized carbons (Fsp3) is 0.385. The Morgan fingerprint density at radius 3 is 2.00 bits per heavy atom. The molecular weight excluding hydrogens is 156 g/mol. The van der Waals surface area contributed by atoms with E-state index in [2.05, 4.69) is 52.0 Å². The molecule has 1 rings (SSSR count). The number of allylic oxidation sites excluding steroid dienone is 2. The van der Waals surface area contributed by atoms with E-state index < -0.39 is 0 Å². The number of hydrogen-bond acceptors (Lipinski definition) is 0. The van der Waals surface area contributed by atoms with Gasteiger partial charge in [0.1, 0.15) is 0 Å². The average Bonchev–Trinajstić information content (AvgIpc) is 2.09. The second kappa shape index (κ2) is 4.27. The van der Waals surface area contributed by atoms with Crippen molar-refractivity contribution < 1.29 is 0 Å². The molecule has 1 aromatic rings. The molecule has 0 saturated heterocycles. The molecule has 0 bridgehead atoms. The zero-order valence-corrected chi connectivity index (χ0v) is 9.02. The normalized spacial score (nSPS) is 9.85. The predicted molar refractivity (Wildman–Crippen MR) is 59.7 cm³/mol. The van der Waals surface area contributed by atoms with Gasteiger partial charge in [0.15, 0.2) is 0 Å². The first-order valence-electron chi connectivity index (χ1n) is 4.88. The van der Waals surface area contributed by atoms with Crippen LogP contribution in [0.25, 0.3) is 5.57 Å². The van der Waals surface area contributed by atoms with Crippen molar-refractivity contribution in [3.05, 3.63) is 41.0 Å². The molecule has 0 spiro atoms. The summed E-state index contributed by atoms with van der Waals surface area (Å²) in [5.74, 6) is 0. The lowest BCUT2D eigenvalue weighted by Crippen LogP contribution is -1.85. The maximum absolute atomic E-state index is 2.21. The smallest absolute Gasteiger partial charge is 0.0225 e. The largest absolute Gasteiger partial charge is 0.0726 e. The molecule has 1 aromatic carbocycles. The SMILES string of the molecule is CCC(=C(C)C)c1ccc(C)cc1. The molecule has 0 aliphatic rings. The van der Waals surface area contributed by atoms with Crippen LogP contribution in [-0.2, 0) is 0 Å². The summed E-state index contributed by atoms with van der Waals surface area (Å²) in [5.41, 5.74) is 5.59. The Morgan fingerprint density at radius 2 is 1.62 bits per heavy atom. The summed E-state index contributed by atoms with van der Waals surface area (Å²) in [6, 6.07) is 8.77. The minimum Gasteiger partial charge on any atom is -0.0726 e. The highest BCUT2D eigenvalue weighted by Crippen LogP contribution is 2.21. The minimum absolute atomic E-state index is 1.12. The van der Waals surface area contributed by atoms with Crippen LogP contribution in [0, 0.1) is 6.92 Å². The molecule has 0 amide bonds. The van der Waals surface area contributed by atoms with Gasteiger partial charge in [-0.25, -0.2) is 0 Å². The van der Waals surface area contributed by atoms with Crippen LogP contribution >= 0.6 is 0 Å². The Labute approximate surface area is 81.3 Å². The molecule has 0 aliphatic carbocycles. The third-order valence-electron chi connectivity index (χ3n) is 2.36. The fourth-order valence-corrected chi connectivity index (χ4v) is 1.60. The molecule has 0 saturated carbocycles. The van der Waals surface area contributed by atoms with E-state index in [9.17, 15) is 0 Å². The van der Waals surface area contributed by atoms with Gasteiger partial charge in [0, 0.05) is 0 Å². The minimum atomic E-state index is 1.12. The summed E-state index contributed by atoms with van der Waals surface area (Å²) in [6.45, 7) is 8.69. The van der Waals surface area contributed by atoms with E-state index in [-0.39, 0.29) is 0 Å². The second-order valence-electron chi connectivity index (χ2n) is 3.70. The highest BCUT2D eigenvalue weighted by molar-refractivity contribution is 5.67. The molecular formula is C13H18. The quantitative estimate of drug-likeness (QED) is 0.630. The van der Waals surface area contributed by atoms with Crippen molar-refractivity contribution in [3.8, 4) is 0 Å².